The summed E-state index contributed by atoms with van der Waals surface area (Å²) in [5, 5.41) is 30.8. The van der Waals surface area contributed by atoms with Gasteiger partial charge in [-0.3, -0.25) is 4.18 Å². The fourth-order valence-electron chi connectivity index (χ4n) is 2.75. The first kappa shape index (κ1) is 19.4. The number of rotatable bonds is 6. The van der Waals surface area contributed by atoms with Gasteiger partial charge in [0.05, 0.1) is 11.5 Å². The Hall–Kier alpha value is -2.38. The molecule has 146 valence electrons. The molecule has 2 aromatic rings. The van der Waals surface area contributed by atoms with Crippen LogP contribution in [0.5, 0.6) is 0 Å². The Labute approximate surface area is 154 Å². The lowest BCUT2D eigenvalue weighted by Crippen LogP contribution is -2.37. The van der Waals surface area contributed by atoms with Gasteiger partial charge in [-0.1, -0.05) is 22.7 Å². The molecule has 1 aliphatic rings. The molecule has 27 heavy (non-hydrogen) atoms. The number of nitrogens with zero attached hydrogens (tertiary/aromatic N) is 3. The number of nitro groups is 1. The van der Waals surface area contributed by atoms with Gasteiger partial charge in [-0.2, -0.15) is 13.0 Å². The minimum atomic E-state index is -4.31. The standard InChI is InChI=1S/C15H17N3O8S/c1-9-2-4-10(5-3-9)27(23,24)26-13-12(20)11(8-19)25-14(13)17-7-6-16-15(17)18(21)22/h2-7,11-14,19-20H,8H2,1H3/t11-,12-,13-,14-/m1/s1. The van der Waals surface area contributed by atoms with Crippen molar-refractivity contribution in [2.75, 3.05) is 6.61 Å². The first-order chi connectivity index (χ1) is 12.7. The topological polar surface area (TPSA) is 154 Å². The van der Waals surface area contributed by atoms with Crippen molar-refractivity contribution in [1.29, 1.82) is 0 Å². The smallest absolute Gasteiger partial charge is 0.394 e. The first-order valence-corrected chi connectivity index (χ1v) is 9.27. The zero-order valence-electron chi connectivity index (χ0n) is 14.1. The minimum Gasteiger partial charge on any atom is -0.394 e. The van der Waals surface area contributed by atoms with E-state index in [4.69, 9.17) is 8.92 Å². The molecule has 2 N–H and O–H groups in total. The molecular weight excluding hydrogens is 382 g/mol. The summed E-state index contributed by atoms with van der Waals surface area (Å²) in [6.45, 7) is 1.15. The number of imidazole rings is 1. The number of benzene rings is 1. The van der Waals surface area contributed by atoms with Crippen molar-refractivity contribution in [3.63, 3.8) is 0 Å². The lowest BCUT2D eigenvalue weighted by Gasteiger charge is -2.19. The number of ether oxygens (including phenoxy) is 1. The molecule has 1 saturated heterocycles. The molecule has 12 heteroatoms. The number of aliphatic hydroxyl groups is 2. The van der Waals surface area contributed by atoms with Gasteiger partial charge >= 0.3 is 5.95 Å². The van der Waals surface area contributed by atoms with Crippen LogP contribution in [0.1, 0.15) is 11.8 Å². The fourth-order valence-corrected chi connectivity index (χ4v) is 3.83. The van der Waals surface area contributed by atoms with Gasteiger partial charge < -0.3 is 25.1 Å². The zero-order chi connectivity index (χ0) is 19.8. The molecule has 0 bridgehead atoms. The lowest BCUT2D eigenvalue weighted by atomic mass is 10.1. The highest BCUT2D eigenvalue weighted by Crippen LogP contribution is 2.35. The molecule has 3 rings (SSSR count). The molecule has 11 nitrogen and oxygen atoms in total. The van der Waals surface area contributed by atoms with Gasteiger partial charge in [0, 0.05) is 0 Å². The van der Waals surface area contributed by atoms with E-state index in [1.807, 2.05) is 0 Å². The third-order valence-electron chi connectivity index (χ3n) is 4.13. The second-order valence-electron chi connectivity index (χ2n) is 5.96. The van der Waals surface area contributed by atoms with Gasteiger partial charge in [0.2, 0.25) is 6.23 Å². The van der Waals surface area contributed by atoms with Crippen molar-refractivity contribution < 1.29 is 32.5 Å². The Morgan fingerprint density at radius 3 is 2.63 bits per heavy atom. The number of aliphatic hydroxyl groups excluding tert-OH is 2. The van der Waals surface area contributed by atoms with E-state index in [0.717, 1.165) is 16.3 Å². The summed E-state index contributed by atoms with van der Waals surface area (Å²) >= 11 is 0. The summed E-state index contributed by atoms with van der Waals surface area (Å²) in [7, 11) is -4.31. The Bertz CT molecular complexity index is 927. The molecule has 2 heterocycles. The van der Waals surface area contributed by atoms with Crippen molar-refractivity contribution in [1.82, 2.24) is 9.55 Å². The van der Waals surface area contributed by atoms with Crippen molar-refractivity contribution in [3.05, 3.63) is 52.3 Å². The van der Waals surface area contributed by atoms with Crippen LogP contribution in [-0.2, 0) is 19.0 Å². The number of hydrogen-bond acceptors (Lipinski definition) is 9. The van der Waals surface area contributed by atoms with Gasteiger partial charge in [-0.25, -0.2) is 0 Å². The molecule has 0 amide bonds. The lowest BCUT2D eigenvalue weighted by molar-refractivity contribution is -0.398. The molecular formula is C15H17N3O8S. The van der Waals surface area contributed by atoms with E-state index in [1.54, 1.807) is 19.1 Å². The van der Waals surface area contributed by atoms with Gasteiger partial charge in [-0.15, -0.1) is 0 Å². The van der Waals surface area contributed by atoms with Gasteiger partial charge in [0.1, 0.15) is 24.6 Å². The van der Waals surface area contributed by atoms with Crippen molar-refractivity contribution in [2.45, 2.75) is 36.4 Å². The average molecular weight is 399 g/mol. The molecule has 0 aliphatic carbocycles. The maximum atomic E-state index is 12.6. The quantitative estimate of drug-likeness (QED) is 0.392. The van der Waals surface area contributed by atoms with Gasteiger partial charge in [-0.05, 0) is 24.0 Å². The Kier molecular flexibility index (Phi) is 5.26. The monoisotopic (exact) mass is 399 g/mol. The summed E-state index contributed by atoms with van der Waals surface area (Å²) in [6.07, 6.45) is -3.30. The second kappa shape index (κ2) is 7.32. The van der Waals surface area contributed by atoms with E-state index < -0.39 is 52.1 Å². The van der Waals surface area contributed by atoms with Crippen molar-refractivity contribution in [3.8, 4) is 0 Å². The minimum absolute atomic E-state index is 0.147. The Morgan fingerprint density at radius 2 is 2.04 bits per heavy atom. The van der Waals surface area contributed by atoms with Crippen LogP contribution in [0.4, 0.5) is 5.95 Å². The molecule has 0 radical (unpaired) electrons. The van der Waals surface area contributed by atoms with Crippen LogP contribution in [0.15, 0.2) is 41.6 Å². The average Bonchev–Trinajstić information content (AvgIpc) is 3.21. The molecule has 0 saturated carbocycles. The molecule has 1 fully saturated rings. The molecule has 1 aromatic carbocycles. The highest BCUT2D eigenvalue weighted by molar-refractivity contribution is 7.86. The van der Waals surface area contributed by atoms with E-state index in [1.165, 1.54) is 18.3 Å². The van der Waals surface area contributed by atoms with E-state index in [-0.39, 0.29) is 4.90 Å². The van der Waals surface area contributed by atoms with Crippen molar-refractivity contribution in [2.24, 2.45) is 0 Å². The van der Waals surface area contributed by atoms with Crippen LogP contribution >= 0.6 is 0 Å². The Morgan fingerprint density at radius 1 is 1.37 bits per heavy atom. The number of aromatic nitrogens is 2. The summed E-state index contributed by atoms with van der Waals surface area (Å²) in [4.78, 5) is 13.8. The van der Waals surface area contributed by atoms with Crippen molar-refractivity contribution >= 4 is 16.1 Å². The molecule has 0 unspecified atom stereocenters. The first-order valence-electron chi connectivity index (χ1n) is 7.86. The number of hydrogen-bond donors (Lipinski definition) is 2. The van der Waals surface area contributed by atoms with Crippen LogP contribution in [0, 0.1) is 17.0 Å². The SMILES string of the molecule is Cc1ccc(S(=O)(=O)O[C@@H]2[C@H](O)[C@@H](CO)O[C@H]2n2ccnc2[N+](=O)[O-])cc1. The zero-order valence-corrected chi connectivity index (χ0v) is 14.9. The largest absolute Gasteiger partial charge is 0.436 e. The second-order valence-corrected chi connectivity index (χ2v) is 7.53. The van der Waals surface area contributed by atoms with Crippen LogP contribution in [-0.4, -0.2) is 58.0 Å². The third-order valence-corrected chi connectivity index (χ3v) is 5.45. The predicted molar refractivity (Wildman–Crippen MR) is 89.1 cm³/mol. The van der Waals surface area contributed by atoms with E-state index in [9.17, 15) is 28.7 Å². The van der Waals surface area contributed by atoms with Crippen LogP contribution in [0.25, 0.3) is 0 Å². The van der Waals surface area contributed by atoms with Crippen LogP contribution in [0.3, 0.4) is 0 Å². The van der Waals surface area contributed by atoms with Gasteiger partial charge in [0.15, 0.2) is 6.10 Å². The molecule has 1 aliphatic heterocycles. The summed E-state index contributed by atoms with van der Waals surface area (Å²) < 4.78 is 36.6. The normalized spacial score (nSPS) is 25.6. The highest BCUT2D eigenvalue weighted by Gasteiger charge is 2.50. The van der Waals surface area contributed by atoms with Crippen LogP contribution in [0.2, 0.25) is 0 Å². The maximum absolute atomic E-state index is 12.6. The van der Waals surface area contributed by atoms with Gasteiger partial charge in [0.25, 0.3) is 10.1 Å². The van der Waals surface area contributed by atoms with E-state index >= 15 is 0 Å². The number of aryl methyl sites for hydroxylation is 1. The third kappa shape index (κ3) is 3.70. The molecule has 4 atom stereocenters. The predicted octanol–water partition coefficient (Wildman–Crippen LogP) is 0.124. The fraction of sp³-hybridized carbons (Fsp3) is 0.400. The van der Waals surface area contributed by atoms with E-state index in [2.05, 4.69) is 4.98 Å². The summed E-state index contributed by atoms with van der Waals surface area (Å²) in [5.41, 5.74) is 0.838. The summed E-state index contributed by atoms with van der Waals surface area (Å²) in [5.74, 6) is -0.618. The summed E-state index contributed by atoms with van der Waals surface area (Å²) in [6, 6.07) is 5.83. The Balaban J connectivity index is 1.95. The maximum Gasteiger partial charge on any atom is 0.436 e. The molecule has 1 aromatic heterocycles. The highest BCUT2D eigenvalue weighted by atomic mass is 32.2. The molecule has 0 spiro atoms. The van der Waals surface area contributed by atoms with Crippen LogP contribution < -0.4 is 0 Å². The van der Waals surface area contributed by atoms with E-state index in [0.29, 0.717) is 0 Å².